The Balaban J connectivity index is 2.23. The van der Waals surface area contributed by atoms with Crippen LogP contribution in [-0.2, 0) is 6.42 Å². The molecule has 1 nitrogen and oxygen atoms in total. The monoisotopic (exact) mass is 280 g/mol. The van der Waals surface area contributed by atoms with Gasteiger partial charge < -0.3 is 5.11 Å². The van der Waals surface area contributed by atoms with Gasteiger partial charge in [0, 0.05) is 6.42 Å². The zero-order valence-corrected chi connectivity index (χ0v) is 11.3. The molecule has 2 aromatic carbocycles. The first kappa shape index (κ1) is 14.6. The first-order valence-electron chi connectivity index (χ1n) is 6.27. The van der Waals surface area contributed by atoms with E-state index in [0.717, 1.165) is 12.1 Å². The van der Waals surface area contributed by atoms with E-state index in [1.165, 1.54) is 6.07 Å². The summed E-state index contributed by atoms with van der Waals surface area (Å²) >= 11 is 0. The number of halogens is 3. The van der Waals surface area contributed by atoms with E-state index in [2.05, 4.69) is 0 Å². The molecule has 2 aromatic rings. The van der Waals surface area contributed by atoms with Crippen LogP contribution in [0.2, 0.25) is 0 Å². The van der Waals surface area contributed by atoms with Gasteiger partial charge in [-0.25, -0.2) is 13.2 Å². The van der Waals surface area contributed by atoms with Crippen molar-refractivity contribution in [3.05, 3.63) is 70.0 Å². The molecule has 2 rings (SSSR count). The summed E-state index contributed by atoms with van der Waals surface area (Å²) in [4.78, 5) is 0. The molecular weight excluding hydrogens is 265 g/mol. The van der Waals surface area contributed by atoms with Gasteiger partial charge >= 0.3 is 0 Å². The average Bonchev–Trinajstić information content (AvgIpc) is 2.39. The van der Waals surface area contributed by atoms with E-state index >= 15 is 0 Å². The van der Waals surface area contributed by atoms with Crippen molar-refractivity contribution in [1.82, 2.24) is 0 Å². The van der Waals surface area contributed by atoms with Crippen LogP contribution in [0.15, 0.2) is 30.3 Å². The van der Waals surface area contributed by atoms with Crippen molar-refractivity contribution in [2.45, 2.75) is 26.4 Å². The molecule has 106 valence electrons. The predicted octanol–water partition coefficient (Wildman–Crippen LogP) is 4.00. The zero-order valence-electron chi connectivity index (χ0n) is 11.3. The lowest BCUT2D eigenvalue weighted by molar-refractivity contribution is 0.178. The maximum absolute atomic E-state index is 13.5. The van der Waals surface area contributed by atoms with E-state index in [1.807, 2.05) is 0 Å². The van der Waals surface area contributed by atoms with Crippen LogP contribution in [0.4, 0.5) is 13.2 Å². The minimum Gasteiger partial charge on any atom is -0.388 e. The van der Waals surface area contributed by atoms with E-state index in [-0.39, 0.29) is 12.2 Å². The normalized spacial score (nSPS) is 12.5. The molecular formula is C16H15F3O. The van der Waals surface area contributed by atoms with E-state index in [4.69, 9.17) is 0 Å². The van der Waals surface area contributed by atoms with Crippen molar-refractivity contribution in [2.24, 2.45) is 0 Å². The Labute approximate surface area is 115 Å². The quantitative estimate of drug-likeness (QED) is 0.901. The lowest BCUT2D eigenvalue weighted by Crippen LogP contribution is -2.04. The molecule has 0 amide bonds. The molecule has 1 unspecified atom stereocenters. The van der Waals surface area contributed by atoms with Gasteiger partial charge in [-0.15, -0.1) is 0 Å². The van der Waals surface area contributed by atoms with Crippen molar-refractivity contribution in [3.8, 4) is 0 Å². The predicted molar refractivity (Wildman–Crippen MR) is 70.9 cm³/mol. The summed E-state index contributed by atoms with van der Waals surface area (Å²) in [5.74, 6) is -2.16. The third-order valence-electron chi connectivity index (χ3n) is 3.26. The Bertz CT molecular complexity index is 615. The molecule has 0 radical (unpaired) electrons. The number of hydrogen-bond donors (Lipinski definition) is 1. The Morgan fingerprint density at radius 3 is 2.10 bits per heavy atom. The van der Waals surface area contributed by atoms with Gasteiger partial charge in [0.25, 0.3) is 0 Å². The molecule has 20 heavy (non-hydrogen) atoms. The zero-order chi connectivity index (χ0) is 14.9. The Kier molecular flexibility index (Phi) is 4.14. The topological polar surface area (TPSA) is 20.2 Å². The van der Waals surface area contributed by atoms with E-state index in [0.29, 0.717) is 22.3 Å². The van der Waals surface area contributed by atoms with Crippen LogP contribution >= 0.6 is 0 Å². The summed E-state index contributed by atoms with van der Waals surface area (Å²) < 4.78 is 39.5. The number of benzene rings is 2. The summed E-state index contributed by atoms with van der Waals surface area (Å²) in [6.45, 7) is 3.24. The molecule has 0 bridgehead atoms. The molecule has 0 heterocycles. The summed E-state index contributed by atoms with van der Waals surface area (Å²) in [5.41, 5.74) is 1.94. The lowest BCUT2D eigenvalue weighted by Gasteiger charge is -2.14. The van der Waals surface area contributed by atoms with Gasteiger partial charge in [0.2, 0.25) is 0 Å². The summed E-state index contributed by atoms with van der Waals surface area (Å²) in [6, 6.07) is 6.63. The highest BCUT2D eigenvalue weighted by atomic mass is 19.2. The largest absolute Gasteiger partial charge is 0.388 e. The number of aliphatic hydroxyl groups is 1. The van der Waals surface area contributed by atoms with Crippen LogP contribution in [0.5, 0.6) is 0 Å². The molecule has 1 N–H and O–H groups in total. The number of rotatable bonds is 3. The summed E-state index contributed by atoms with van der Waals surface area (Å²) in [7, 11) is 0. The molecule has 0 fully saturated rings. The van der Waals surface area contributed by atoms with Gasteiger partial charge in [-0.05, 0) is 48.2 Å². The van der Waals surface area contributed by atoms with E-state index < -0.39 is 17.7 Å². The van der Waals surface area contributed by atoms with Crippen molar-refractivity contribution in [2.75, 3.05) is 0 Å². The maximum Gasteiger partial charge on any atom is 0.159 e. The highest BCUT2D eigenvalue weighted by Crippen LogP contribution is 2.23. The van der Waals surface area contributed by atoms with E-state index in [1.54, 1.807) is 26.0 Å². The first-order valence-corrected chi connectivity index (χ1v) is 6.27. The Morgan fingerprint density at radius 1 is 0.950 bits per heavy atom. The minimum absolute atomic E-state index is 0.141. The molecule has 0 aromatic heterocycles. The van der Waals surface area contributed by atoms with Crippen LogP contribution in [0, 0.1) is 31.3 Å². The van der Waals surface area contributed by atoms with Crippen molar-refractivity contribution in [1.29, 1.82) is 0 Å². The highest BCUT2D eigenvalue weighted by molar-refractivity contribution is 5.32. The first-order chi connectivity index (χ1) is 9.38. The van der Waals surface area contributed by atoms with Gasteiger partial charge in [-0.2, -0.15) is 0 Å². The third-order valence-corrected chi connectivity index (χ3v) is 3.26. The minimum atomic E-state index is -0.943. The molecule has 0 saturated heterocycles. The Morgan fingerprint density at radius 2 is 1.55 bits per heavy atom. The second-order valence-corrected chi connectivity index (χ2v) is 4.94. The fraction of sp³-hybridized carbons (Fsp3) is 0.250. The standard InChI is InChI=1S/C16H15F3O/c1-9-5-12(6-10(2)16(9)19)15(20)8-11-3-4-13(17)14(18)7-11/h3-7,15,20H,8H2,1-2H3. The lowest BCUT2D eigenvalue weighted by atomic mass is 9.97. The second-order valence-electron chi connectivity index (χ2n) is 4.94. The summed E-state index contributed by atoms with van der Waals surface area (Å²) in [6.07, 6.45) is -0.750. The number of aryl methyl sites for hydroxylation is 2. The molecule has 0 saturated carbocycles. The van der Waals surface area contributed by atoms with Crippen LogP contribution in [0.25, 0.3) is 0 Å². The molecule has 0 spiro atoms. The molecule has 4 heteroatoms. The van der Waals surface area contributed by atoms with Gasteiger partial charge in [0.1, 0.15) is 5.82 Å². The van der Waals surface area contributed by atoms with Gasteiger partial charge in [0.05, 0.1) is 6.10 Å². The molecule has 0 aliphatic rings. The van der Waals surface area contributed by atoms with Crippen molar-refractivity contribution < 1.29 is 18.3 Å². The van der Waals surface area contributed by atoms with Gasteiger partial charge in [-0.1, -0.05) is 18.2 Å². The third kappa shape index (κ3) is 3.02. The fourth-order valence-electron chi connectivity index (χ4n) is 2.18. The van der Waals surface area contributed by atoms with Gasteiger partial charge in [-0.3, -0.25) is 0 Å². The second kappa shape index (κ2) is 5.67. The smallest absolute Gasteiger partial charge is 0.159 e. The Hall–Kier alpha value is -1.81. The van der Waals surface area contributed by atoms with Crippen molar-refractivity contribution >= 4 is 0 Å². The molecule has 0 aliphatic carbocycles. The number of hydrogen-bond acceptors (Lipinski definition) is 1. The van der Waals surface area contributed by atoms with Crippen LogP contribution in [0.1, 0.15) is 28.4 Å². The van der Waals surface area contributed by atoms with E-state index in [9.17, 15) is 18.3 Å². The highest BCUT2D eigenvalue weighted by Gasteiger charge is 2.13. The van der Waals surface area contributed by atoms with Gasteiger partial charge in [0.15, 0.2) is 11.6 Å². The number of aliphatic hydroxyl groups excluding tert-OH is 1. The maximum atomic E-state index is 13.5. The molecule has 1 atom stereocenters. The average molecular weight is 280 g/mol. The van der Waals surface area contributed by atoms with Crippen molar-refractivity contribution in [3.63, 3.8) is 0 Å². The summed E-state index contributed by atoms with van der Waals surface area (Å²) in [5, 5.41) is 10.1. The SMILES string of the molecule is Cc1cc(C(O)Cc2ccc(F)c(F)c2)cc(C)c1F. The van der Waals surface area contributed by atoms with Crippen LogP contribution < -0.4 is 0 Å². The van der Waals surface area contributed by atoms with Crippen LogP contribution in [-0.4, -0.2) is 5.11 Å². The molecule has 0 aliphatic heterocycles. The van der Waals surface area contributed by atoms with Crippen LogP contribution in [0.3, 0.4) is 0 Å². The fourth-order valence-corrected chi connectivity index (χ4v) is 2.18.